The Morgan fingerprint density at radius 2 is 1.68 bits per heavy atom. The lowest BCUT2D eigenvalue weighted by Gasteiger charge is -2.19. The molecule has 4 aromatic rings. The average Bonchev–Trinajstić information content (AvgIpc) is 3.61. The van der Waals surface area contributed by atoms with E-state index in [0.717, 1.165) is 31.2 Å². The largest absolute Gasteiger partial charge is 0.459 e. The Kier molecular flexibility index (Phi) is 5.84. The Balaban J connectivity index is 1.69. The molecule has 6 nitrogen and oxygen atoms in total. The van der Waals surface area contributed by atoms with E-state index in [9.17, 15) is 14.0 Å². The number of hydrogen-bond donors (Lipinski definition) is 1. The molecule has 1 fully saturated rings. The molecule has 5 rings (SSSR count). The van der Waals surface area contributed by atoms with Crippen molar-refractivity contribution in [2.24, 2.45) is 0 Å². The number of halogens is 1. The second-order valence-corrected chi connectivity index (χ2v) is 8.51. The molecule has 7 heteroatoms. The minimum absolute atomic E-state index is 0.0101. The Bertz CT molecular complexity index is 1320. The fraction of sp³-hybridized carbons (Fsp3) is 0.222. The van der Waals surface area contributed by atoms with Crippen molar-refractivity contribution in [3.8, 4) is 22.6 Å². The molecule has 1 N–H and O–H groups in total. The van der Waals surface area contributed by atoms with Crippen LogP contribution in [0.25, 0.3) is 22.6 Å². The molecule has 2 heterocycles. The number of hydrogen-bond acceptors (Lipinski definition) is 4. The lowest BCUT2D eigenvalue weighted by molar-refractivity contribution is 0.0992. The molecule has 2 aromatic heterocycles. The highest BCUT2D eigenvalue weighted by Crippen LogP contribution is 2.41. The van der Waals surface area contributed by atoms with Crippen LogP contribution in [0.5, 0.6) is 0 Å². The third-order valence-corrected chi connectivity index (χ3v) is 6.25. The number of amides is 1. The minimum atomic E-state index is -0.383. The monoisotopic (exact) mass is 457 g/mol. The van der Waals surface area contributed by atoms with Crippen molar-refractivity contribution >= 4 is 17.5 Å². The second kappa shape index (κ2) is 9.09. The number of nitrogens with one attached hydrogen (secondary N) is 1. The van der Waals surface area contributed by atoms with Crippen molar-refractivity contribution in [3.05, 3.63) is 84.1 Å². The van der Waals surface area contributed by atoms with Crippen molar-refractivity contribution < 1.29 is 18.4 Å². The maximum Gasteiger partial charge on any atom is 0.292 e. The van der Waals surface area contributed by atoms with Crippen molar-refractivity contribution in [1.29, 1.82) is 0 Å². The standard InChI is InChI=1S/C27H24FN3O3/c1-17(32)18-8-10-20(11-9-18)25-29-24(19-12-14-21(28)15-13-19)26(31(25)22-5-2-3-6-22)30-27(33)23-7-4-16-34-23/h4,7-16,22H,2-3,5-6H2,1H3,(H,30,33). The quantitative estimate of drug-likeness (QED) is 0.335. The molecule has 0 radical (unpaired) electrons. The zero-order valence-electron chi connectivity index (χ0n) is 18.8. The number of anilines is 1. The highest BCUT2D eigenvalue weighted by atomic mass is 19.1. The second-order valence-electron chi connectivity index (χ2n) is 8.51. The number of aromatic nitrogens is 2. The SMILES string of the molecule is CC(=O)c1ccc(-c2nc(-c3ccc(F)cc3)c(NC(=O)c3ccco3)n2C2CCCC2)cc1. The summed E-state index contributed by atoms with van der Waals surface area (Å²) in [7, 11) is 0. The molecule has 0 atom stereocenters. The summed E-state index contributed by atoms with van der Waals surface area (Å²) in [6.45, 7) is 1.53. The first kappa shape index (κ1) is 21.8. The van der Waals surface area contributed by atoms with Gasteiger partial charge >= 0.3 is 0 Å². The predicted octanol–water partition coefficient (Wildman–Crippen LogP) is 6.52. The Labute approximate surface area is 196 Å². The van der Waals surface area contributed by atoms with E-state index < -0.39 is 0 Å². The highest BCUT2D eigenvalue weighted by molar-refractivity contribution is 6.04. The maximum absolute atomic E-state index is 13.7. The van der Waals surface area contributed by atoms with Crippen molar-refractivity contribution in [1.82, 2.24) is 9.55 Å². The summed E-state index contributed by atoms with van der Waals surface area (Å²) in [6.07, 6.45) is 5.54. The first-order chi connectivity index (χ1) is 16.5. The van der Waals surface area contributed by atoms with Crippen LogP contribution in [0.1, 0.15) is 59.6 Å². The number of furan rings is 1. The van der Waals surface area contributed by atoms with Gasteiger partial charge in [0, 0.05) is 22.7 Å². The minimum Gasteiger partial charge on any atom is -0.459 e. The van der Waals surface area contributed by atoms with Gasteiger partial charge in [0.2, 0.25) is 0 Å². The summed E-state index contributed by atoms with van der Waals surface area (Å²) in [5.41, 5.74) is 2.69. The summed E-state index contributed by atoms with van der Waals surface area (Å²) in [6, 6.07) is 16.8. The maximum atomic E-state index is 13.7. The third kappa shape index (κ3) is 4.17. The smallest absolute Gasteiger partial charge is 0.292 e. The zero-order valence-corrected chi connectivity index (χ0v) is 18.8. The van der Waals surface area contributed by atoms with Gasteiger partial charge in [-0.15, -0.1) is 0 Å². The van der Waals surface area contributed by atoms with Gasteiger partial charge in [0.1, 0.15) is 23.2 Å². The molecule has 2 aromatic carbocycles. The number of Topliss-reactive ketones (excluding diaryl/α,β-unsaturated/α-hetero) is 1. The first-order valence-corrected chi connectivity index (χ1v) is 11.4. The van der Waals surface area contributed by atoms with Crippen LogP contribution >= 0.6 is 0 Å². The Morgan fingerprint density at radius 1 is 1.00 bits per heavy atom. The van der Waals surface area contributed by atoms with Gasteiger partial charge in [0.25, 0.3) is 5.91 Å². The van der Waals surface area contributed by atoms with Crippen LogP contribution in [-0.2, 0) is 0 Å². The van der Waals surface area contributed by atoms with Crippen LogP contribution in [0.3, 0.4) is 0 Å². The molecule has 172 valence electrons. The molecule has 1 amide bonds. The Hall–Kier alpha value is -4.00. The van der Waals surface area contributed by atoms with Crippen LogP contribution < -0.4 is 5.32 Å². The molecule has 0 bridgehead atoms. The summed E-state index contributed by atoms with van der Waals surface area (Å²) >= 11 is 0. The molecule has 34 heavy (non-hydrogen) atoms. The fourth-order valence-corrected chi connectivity index (χ4v) is 4.51. The van der Waals surface area contributed by atoms with Crippen molar-refractivity contribution in [3.63, 3.8) is 0 Å². The van der Waals surface area contributed by atoms with Gasteiger partial charge in [0.15, 0.2) is 11.5 Å². The van der Waals surface area contributed by atoms with Crippen molar-refractivity contribution in [2.45, 2.75) is 38.6 Å². The summed E-state index contributed by atoms with van der Waals surface area (Å²) in [4.78, 5) is 29.7. The normalized spacial score (nSPS) is 13.8. The van der Waals surface area contributed by atoms with E-state index in [-0.39, 0.29) is 29.3 Å². The van der Waals surface area contributed by atoms with Crippen LogP contribution in [0, 0.1) is 5.82 Å². The van der Waals surface area contributed by atoms with E-state index in [0.29, 0.717) is 28.5 Å². The number of imidazole rings is 1. The van der Waals surface area contributed by atoms with Gasteiger partial charge in [-0.2, -0.15) is 0 Å². The molecule has 0 saturated heterocycles. The lowest BCUT2D eigenvalue weighted by atomic mass is 10.1. The van der Waals surface area contributed by atoms with E-state index in [1.165, 1.54) is 25.3 Å². The van der Waals surface area contributed by atoms with Gasteiger partial charge in [0.05, 0.1) is 6.26 Å². The fourth-order valence-electron chi connectivity index (χ4n) is 4.51. The molecule has 1 saturated carbocycles. The molecule has 0 unspecified atom stereocenters. The molecular formula is C27H24FN3O3. The number of carbonyl (C=O) groups excluding carboxylic acids is 2. The van der Waals surface area contributed by atoms with E-state index >= 15 is 0 Å². The highest BCUT2D eigenvalue weighted by Gasteiger charge is 2.29. The topological polar surface area (TPSA) is 77.1 Å². The summed E-state index contributed by atoms with van der Waals surface area (Å²) in [5.74, 6) is 0.688. The third-order valence-electron chi connectivity index (χ3n) is 6.25. The van der Waals surface area contributed by atoms with E-state index in [2.05, 4.69) is 9.88 Å². The first-order valence-electron chi connectivity index (χ1n) is 11.4. The van der Waals surface area contributed by atoms with Gasteiger partial charge in [-0.05, 0) is 56.2 Å². The lowest BCUT2D eigenvalue weighted by Crippen LogP contribution is -2.17. The number of rotatable bonds is 6. The van der Waals surface area contributed by atoms with Gasteiger partial charge in [-0.3, -0.25) is 9.59 Å². The molecule has 1 aliphatic rings. The van der Waals surface area contributed by atoms with Crippen LogP contribution in [0.15, 0.2) is 71.3 Å². The van der Waals surface area contributed by atoms with E-state index in [1.807, 2.05) is 12.1 Å². The van der Waals surface area contributed by atoms with E-state index in [1.54, 1.807) is 36.4 Å². The zero-order chi connectivity index (χ0) is 23.7. The van der Waals surface area contributed by atoms with Crippen LogP contribution in [0.2, 0.25) is 0 Å². The number of carbonyl (C=O) groups is 2. The Morgan fingerprint density at radius 3 is 2.29 bits per heavy atom. The molecule has 0 aliphatic heterocycles. The molecular weight excluding hydrogens is 433 g/mol. The van der Waals surface area contributed by atoms with Crippen molar-refractivity contribution in [2.75, 3.05) is 5.32 Å². The molecule has 0 spiro atoms. The average molecular weight is 458 g/mol. The van der Waals surface area contributed by atoms with Crippen LogP contribution in [-0.4, -0.2) is 21.2 Å². The number of ketones is 1. The van der Waals surface area contributed by atoms with Gasteiger partial charge in [-0.25, -0.2) is 9.37 Å². The molecule has 1 aliphatic carbocycles. The summed E-state index contributed by atoms with van der Waals surface area (Å²) in [5, 5.41) is 3.01. The van der Waals surface area contributed by atoms with E-state index in [4.69, 9.17) is 9.40 Å². The van der Waals surface area contributed by atoms with Gasteiger partial charge in [-0.1, -0.05) is 37.1 Å². The predicted molar refractivity (Wildman–Crippen MR) is 127 cm³/mol. The van der Waals surface area contributed by atoms with Gasteiger partial charge < -0.3 is 14.3 Å². The number of nitrogens with zero attached hydrogens (tertiary/aromatic N) is 2. The summed E-state index contributed by atoms with van der Waals surface area (Å²) < 4.78 is 21.0. The van der Waals surface area contributed by atoms with Crippen LogP contribution in [0.4, 0.5) is 10.2 Å². The number of benzene rings is 2.